The van der Waals surface area contributed by atoms with E-state index in [-0.39, 0.29) is 17.4 Å². The maximum Gasteiger partial charge on any atom is 0.151 e. The van der Waals surface area contributed by atoms with Crippen molar-refractivity contribution in [2.45, 2.75) is 38.6 Å². The summed E-state index contributed by atoms with van der Waals surface area (Å²) in [6, 6.07) is 2.57. The fourth-order valence-electron chi connectivity index (χ4n) is 2.86. The summed E-state index contributed by atoms with van der Waals surface area (Å²) in [6.45, 7) is 2.19. The molecule has 2 nitrogen and oxygen atoms in total. The number of nitrogens with two attached hydrogens (primary N) is 1. The largest absolute Gasteiger partial charge is 0.399 e. The molecule has 0 heterocycles. The van der Waals surface area contributed by atoms with Crippen molar-refractivity contribution in [3.8, 4) is 0 Å². The molecule has 0 bridgehead atoms. The second-order valence-electron chi connectivity index (χ2n) is 5.37. The van der Waals surface area contributed by atoms with Gasteiger partial charge in [0.2, 0.25) is 0 Å². The molecule has 0 spiro atoms. The lowest BCUT2D eigenvalue weighted by atomic mass is 9.86. The van der Waals surface area contributed by atoms with Crippen molar-refractivity contribution >= 4 is 11.4 Å². The van der Waals surface area contributed by atoms with E-state index in [9.17, 15) is 8.78 Å². The van der Waals surface area contributed by atoms with Crippen LogP contribution >= 0.6 is 0 Å². The van der Waals surface area contributed by atoms with Gasteiger partial charge in [-0.15, -0.1) is 0 Å². The highest BCUT2D eigenvalue weighted by Gasteiger charge is 2.26. The number of hydrogen-bond acceptors (Lipinski definition) is 2. The molecule has 0 radical (unpaired) electrons. The molecule has 1 fully saturated rings. The van der Waals surface area contributed by atoms with Crippen LogP contribution in [0.25, 0.3) is 0 Å². The molecule has 2 atom stereocenters. The van der Waals surface area contributed by atoms with Crippen LogP contribution < -0.4 is 10.6 Å². The molecule has 4 heteroatoms. The average molecular weight is 254 g/mol. The van der Waals surface area contributed by atoms with Crippen LogP contribution in [0.1, 0.15) is 32.6 Å². The van der Waals surface area contributed by atoms with Gasteiger partial charge in [-0.2, -0.15) is 0 Å². The molecule has 18 heavy (non-hydrogen) atoms. The second-order valence-corrected chi connectivity index (χ2v) is 5.37. The van der Waals surface area contributed by atoms with Gasteiger partial charge in [0.05, 0.1) is 0 Å². The number of benzene rings is 1. The van der Waals surface area contributed by atoms with E-state index in [4.69, 9.17) is 5.73 Å². The monoisotopic (exact) mass is 254 g/mol. The molecular weight excluding hydrogens is 234 g/mol. The molecule has 0 aliphatic heterocycles. The molecule has 1 aromatic rings. The first kappa shape index (κ1) is 13.1. The van der Waals surface area contributed by atoms with E-state index in [2.05, 4.69) is 6.92 Å². The molecule has 1 aliphatic carbocycles. The van der Waals surface area contributed by atoms with Crippen molar-refractivity contribution < 1.29 is 8.78 Å². The van der Waals surface area contributed by atoms with Crippen LogP contribution in [-0.4, -0.2) is 13.1 Å². The highest BCUT2D eigenvalue weighted by Crippen LogP contribution is 2.32. The van der Waals surface area contributed by atoms with Crippen LogP contribution in [0.15, 0.2) is 12.1 Å². The van der Waals surface area contributed by atoms with Crippen molar-refractivity contribution in [1.82, 2.24) is 0 Å². The summed E-state index contributed by atoms with van der Waals surface area (Å²) in [5, 5.41) is 0. The van der Waals surface area contributed by atoms with Gasteiger partial charge in [-0.05, 0) is 30.9 Å². The molecule has 1 saturated carbocycles. The first-order valence-electron chi connectivity index (χ1n) is 6.46. The Morgan fingerprint density at radius 3 is 2.39 bits per heavy atom. The maximum atomic E-state index is 13.9. The summed E-state index contributed by atoms with van der Waals surface area (Å²) in [4.78, 5) is 1.74. The van der Waals surface area contributed by atoms with Crippen LogP contribution in [0, 0.1) is 17.6 Å². The molecule has 2 unspecified atom stereocenters. The average Bonchev–Trinajstić information content (AvgIpc) is 2.27. The van der Waals surface area contributed by atoms with Gasteiger partial charge in [-0.25, -0.2) is 8.78 Å². The van der Waals surface area contributed by atoms with Gasteiger partial charge >= 0.3 is 0 Å². The molecule has 2 rings (SSSR count). The van der Waals surface area contributed by atoms with Gasteiger partial charge in [0, 0.05) is 18.8 Å². The van der Waals surface area contributed by atoms with Gasteiger partial charge in [-0.1, -0.05) is 19.8 Å². The fraction of sp³-hybridized carbons (Fsp3) is 0.571. The van der Waals surface area contributed by atoms with Gasteiger partial charge in [-0.3, -0.25) is 0 Å². The number of anilines is 2. The number of hydrogen-bond donors (Lipinski definition) is 1. The highest BCUT2D eigenvalue weighted by atomic mass is 19.1. The molecule has 100 valence electrons. The molecular formula is C14H20F2N2. The molecule has 0 aromatic heterocycles. The zero-order valence-corrected chi connectivity index (χ0v) is 10.9. The van der Waals surface area contributed by atoms with Crippen LogP contribution in [0.4, 0.5) is 20.2 Å². The van der Waals surface area contributed by atoms with Crippen molar-refractivity contribution in [2.75, 3.05) is 17.7 Å². The fourth-order valence-corrected chi connectivity index (χ4v) is 2.86. The number of nitrogen functional groups attached to an aromatic ring is 1. The van der Waals surface area contributed by atoms with E-state index in [0.29, 0.717) is 5.92 Å². The quantitative estimate of drug-likeness (QED) is 0.818. The first-order chi connectivity index (χ1) is 8.49. The van der Waals surface area contributed by atoms with Gasteiger partial charge in [0.15, 0.2) is 11.6 Å². The predicted octanol–water partition coefficient (Wildman–Crippen LogP) is 3.56. The van der Waals surface area contributed by atoms with E-state index >= 15 is 0 Å². The molecule has 2 N–H and O–H groups in total. The van der Waals surface area contributed by atoms with E-state index in [1.807, 2.05) is 0 Å². The maximum absolute atomic E-state index is 13.9. The summed E-state index contributed by atoms with van der Waals surface area (Å²) < 4.78 is 27.7. The van der Waals surface area contributed by atoms with Crippen LogP contribution in [0.5, 0.6) is 0 Å². The summed E-state index contributed by atoms with van der Waals surface area (Å²) in [7, 11) is 1.76. The van der Waals surface area contributed by atoms with Crippen molar-refractivity contribution in [3.05, 3.63) is 23.8 Å². The normalized spacial score (nSPS) is 24.0. The Kier molecular flexibility index (Phi) is 3.73. The zero-order chi connectivity index (χ0) is 13.3. The van der Waals surface area contributed by atoms with Crippen molar-refractivity contribution in [3.63, 3.8) is 0 Å². The predicted molar refractivity (Wildman–Crippen MR) is 70.6 cm³/mol. The van der Waals surface area contributed by atoms with Gasteiger partial charge in [0.1, 0.15) is 5.69 Å². The van der Waals surface area contributed by atoms with Gasteiger partial charge < -0.3 is 10.6 Å². The minimum absolute atomic E-state index is 0.0447. The summed E-state index contributed by atoms with van der Waals surface area (Å²) in [6.07, 6.45) is 4.30. The third-order valence-corrected chi connectivity index (χ3v) is 3.85. The van der Waals surface area contributed by atoms with Crippen LogP contribution in [-0.2, 0) is 0 Å². The van der Waals surface area contributed by atoms with E-state index in [1.165, 1.54) is 18.6 Å². The van der Waals surface area contributed by atoms with Crippen LogP contribution in [0.3, 0.4) is 0 Å². The highest BCUT2D eigenvalue weighted by molar-refractivity contribution is 5.56. The second kappa shape index (κ2) is 5.12. The Morgan fingerprint density at radius 2 is 1.83 bits per heavy atom. The van der Waals surface area contributed by atoms with E-state index in [0.717, 1.165) is 19.3 Å². The van der Waals surface area contributed by atoms with Crippen molar-refractivity contribution in [1.29, 1.82) is 0 Å². The van der Waals surface area contributed by atoms with E-state index in [1.54, 1.807) is 11.9 Å². The Bertz CT molecular complexity index is 411. The smallest absolute Gasteiger partial charge is 0.151 e. The van der Waals surface area contributed by atoms with Crippen LogP contribution in [0.2, 0.25) is 0 Å². The Balaban J connectivity index is 2.25. The lowest BCUT2D eigenvalue weighted by Crippen LogP contribution is -2.36. The van der Waals surface area contributed by atoms with Gasteiger partial charge in [0.25, 0.3) is 0 Å². The third-order valence-electron chi connectivity index (χ3n) is 3.85. The number of rotatable bonds is 2. The SMILES string of the molecule is CC1CCCC(N(C)c2c(F)cc(N)cc2F)C1. The Morgan fingerprint density at radius 1 is 1.22 bits per heavy atom. The van der Waals surface area contributed by atoms with Crippen molar-refractivity contribution in [2.24, 2.45) is 5.92 Å². The third kappa shape index (κ3) is 2.57. The molecule has 1 aliphatic rings. The summed E-state index contributed by atoms with van der Waals surface area (Å²) in [5.41, 5.74) is 5.60. The molecule has 0 saturated heterocycles. The standard InChI is InChI=1S/C14H20F2N2/c1-9-4-3-5-11(6-9)18(2)14-12(15)7-10(17)8-13(14)16/h7-9,11H,3-6,17H2,1-2H3. The topological polar surface area (TPSA) is 29.3 Å². The lowest BCUT2D eigenvalue weighted by molar-refractivity contribution is 0.333. The summed E-state index contributed by atoms with van der Waals surface area (Å²) in [5.74, 6) is -0.535. The van der Waals surface area contributed by atoms with E-state index < -0.39 is 11.6 Å². The minimum Gasteiger partial charge on any atom is -0.399 e. The lowest BCUT2D eigenvalue weighted by Gasteiger charge is -2.35. The molecule has 1 aromatic carbocycles. The zero-order valence-electron chi connectivity index (χ0n) is 10.9. The molecule has 0 amide bonds. The Hall–Kier alpha value is -1.32. The first-order valence-corrected chi connectivity index (χ1v) is 6.46. The minimum atomic E-state index is -0.576. The summed E-state index contributed by atoms with van der Waals surface area (Å²) >= 11 is 0. The Labute approximate surface area is 107 Å². The number of nitrogens with zero attached hydrogens (tertiary/aromatic N) is 1. The number of halogens is 2.